The second-order valence-electron chi connectivity index (χ2n) is 8.38. The summed E-state index contributed by atoms with van der Waals surface area (Å²) in [6, 6.07) is 11.5. The number of rotatable bonds is 5. The molecular formula is C24H27F3N2O2. The molecule has 0 radical (unpaired) electrons. The average molecular weight is 432 g/mol. The van der Waals surface area contributed by atoms with Crippen molar-refractivity contribution in [2.75, 3.05) is 26.2 Å². The summed E-state index contributed by atoms with van der Waals surface area (Å²) in [7, 11) is 0. The Labute approximate surface area is 180 Å². The van der Waals surface area contributed by atoms with Crippen LogP contribution in [0.5, 0.6) is 5.75 Å². The third-order valence-corrected chi connectivity index (χ3v) is 6.19. The molecule has 0 aliphatic carbocycles. The molecule has 0 spiro atoms. The third kappa shape index (κ3) is 5.39. The molecule has 0 atom stereocenters. The van der Waals surface area contributed by atoms with Crippen molar-refractivity contribution in [3.63, 3.8) is 0 Å². The molecule has 0 aromatic heterocycles. The van der Waals surface area contributed by atoms with Gasteiger partial charge in [0.2, 0.25) is 5.91 Å². The number of ether oxygens (including phenoxy) is 1. The summed E-state index contributed by atoms with van der Waals surface area (Å²) in [6.07, 6.45) is 2.28. The predicted molar refractivity (Wildman–Crippen MR) is 111 cm³/mol. The van der Waals surface area contributed by atoms with E-state index in [4.69, 9.17) is 4.74 Å². The highest BCUT2D eigenvalue weighted by Crippen LogP contribution is 2.28. The van der Waals surface area contributed by atoms with Crippen molar-refractivity contribution in [1.29, 1.82) is 0 Å². The molecule has 1 amide bonds. The minimum absolute atomic E-state index is 0.0245. The molecule has 2 aromatic carbocycles. The third-order valence-electron chi connectivity index (χ3n) is 6.19. The molecule has 0 bridgehead atoms. The molecule has 4 rings (SSSR count). The molecule has 166 valence electrons. The molecule has 2 heterocycles. The van der Waals surface area contributed by atoms with Gasteiger partial charge in [-0.25, -0.2) is 13.2 Å². The second kappa shape index (κ2) is 9.73. The zero-order valence-electron chi connectivity index (χ0n) is 17.4. The molecule has 2 saturated heterocycles. The van der Waals surface area contributed by atoms with Gasteiger partial charge in [0.25, 0.3) is 0 Å². The van der Waals surface area contributed by atoms with Crippen LogP contribution in [0.3, 0.4) is 0 Å². The summed E-state index contributed by atoms with van der Waals surface area (Å²) in [6.45, 7) is 3.69. The van der Waals surface area contributed by atoms with Gasteiger partial charge in [0.05, 0.1) is 0 Å². The van der Waals surface area contributed by atoms with Gasteiger partial charge in [0.15, 0.2) is 17.4 Å². The Kier molecular flexibility index (Phi) is 6.80. The molecule has 31 heavy (non-hydrogen) atoms. The number of piperidine rings is 2. The topological polar surface area (TPSA) is 32.8 Å². The van der Waals surface area contributed by atoms with Crippen LogP contribution < -0.4 is 4.74 Å². The van der Waals surface area contributed by atoms with Gasteiger partial charge in [-0.2, -0.15) is 0 Å². The van der Waals surface area contributed by atoms with Gasteiger partial charge in [-0.15, -0.1) is 0 Å². The Morgan fingerprint density at radius 3 is 2.13 bits per heavy atom. The maximum Gasteiger partial charge on any atom is 0.225 e. The second-order valence-corrected chi connectivity index (χ2v) is 8.38. The standard InChI is InChI=1S/C24H27F3N2O2/c25-19-14-21(26)23(22(27)15-19)31-20-8-12-29(13-9-20)24(30)18-6-10-28(11-7-18)16-17-4-2-1-3-5-17/h1-5,14-15,18,20H,6-13,16H2. The number of hydrogen-bond donors (Lipinski definition) is 0. The quantitative estimate of drug-likeness (QED) is 0.703. The van der Waals surface area contributed by atoms with Crippen molar-refractivity contribution in [3.8, 4) is 5.75 Å². The number of carbonyl (C=O) groups is 1. The fourth-order valence-electron chi connectivity index (χ4n) is 4.44. The van der Waals surface area contributed by atoms with E-state index in [0.717, 1.165) is 32.5 Å². The molecule has 0 saturated carbocycles. The normalized spacial score (nSPS) is 18.9. The van der Waals surface area contributed by atoms with Crippen molar-refractivity contribution >= 4 is 5.91 Å². The van der Waals surface area contributed by atoms with Gasteiger partial charge in [0.1, 0.15) is 11.9 Å². The molecule has 2 fully saturated rings. The van der Waals surface area contributed by atoms with E-state index in [1.807, 2.05) is 23.1 Å². The van der Waals surface area contributed by atoms with Crippen molar-refractivity contribution in [2.24, 2.45) is 5.92 Å². The SMILES string of the molecule is O=C(C1CCN(Cc2ccccc2)CC1)N1CCC(Oc2c(F)cc(F)cc2F)CC1. The first-order valence-electron chi connectivity index (χ1n) is 10.9. The monoisotopic (exact) mass is 432 g/mol. The highest BCUT2D eigenvalue weighted by atomic mass is 19.1. The van der Waals surface area contributed by atoms with Crippen LogP contribution >= 0.6 is 0 Å². The number of amides is 1. The van der Waals surface area contributed by atoms with Crippen LogP contribution in [0, 0.1) is 23.4 Å². The fraction of sp³-hybridized carbons (Fsp3) is 0.458. The zero-order valence-corrected chi connectivity index (χ0v) is 17.4. The Bertz CT molecular complexity index is 870. The molecule has 2 aromatic rings. The van der Waals surface area contributed by atoms with Crippen molar-refractivity contribution in [2.45, 2.75) is 38.3 Å². The summed E-state index contributed by atoms with van der Waals surface area (Å²) >= 11 is 0. The minimum atomic E-state index is -1.04. The number of nitrogens with zero attached hydrogens (tertiary/aromatic N) is 2. The number of carbonyl (C=O) groups excluding carboxylic acids is 1. The maximum atomic E-state index is 13.8. The molecule has 0 unspecified atom stereocenters. The van der Waals surface area contributed by atoms with Gasteiger partial charge < -0.3 is 9.64 Å². The Morgan fingerprint density at radius 1 is 0.903 bits per heavy atom. The molecular weight excluding hydrogens is 405 g/mol. The highest BCUT2D eigenvalue weighted by molar-refractivity contribution is 5.79. The van der Waals surface area contributed by atoms with Crippen LogP contribution in [0.1, 0.15) is 31.2 Å². The van der Waals surface area contributed by atoms with Gasteiger partial charge >= 0.3 is 0 Å². The Balaban J connectivity index is 1.24. The largest absolute Gasteiger partial charge is 0.484 e. The molecule has 4 nitrogen and oxygen atoms in total. The van der Waals surface area contributed by atoms with E-state index in [0.29, 0.717) is 38.1 Å². The molecule has 2 aliphatic rings. The first-order valence-corrected chi connectivity index (χ1v) is 10.9. The summed E-state index contributed by atoms with van der Waals surface area (Å²) in [5, 5.41) is 0. The van der Waals surface area contributed by atoms with Gasteiger partial charge in [-0.1, -0.05) is 30.3 Å². The van der Waals surface area contributed by atoms with Crippen LogP contribution in [0.15, 0.2) is 42.5 Å². The van der Waals surface area contributed by atoms with Crippen molar-refractivity contribution in [3.05, 3.63) is 65.5 Å². The number of halogens is 3. The average Bonchev–Trinajstić information content (AvgIpc) is 2.77. The van der Waals surface area contributed by atoms with Gasteiger partial charge in [-0.05, 0) is 31.5 Å². The van der Waals surface area contributed by atoms with E-state index in [1.165, 1.54) is 5.56 Å². The van der Waals surface area contributed by atoms with Crippen molar-refractivity contribution in [1.82, 2.24) is 9.80 Å². The lowest BCUT2D eigenvalue weighted by Crippen LogP contribution is -2.47. The van der Waals surface area contributed by atoms with E-state index in [9.17, 15) is 18.0 Å². The lowest BCUT2D eigenvalue weighted by molar-refractivity contribution is -0.139. The van der Waals surface area contributed by atoms with Gasteiger partial charge in [-0.3, -0.25) is 9.69 Å². The van der Waals surface area contributed by atoms with E-state index in [1.54, 1.807) is 0 Å². The van der Waals surface area contributed by atoms with Crippen LogP contribution in [0.4, 0.5) is 13.2 Å². The summed E-state index contributed by atoms with van der Waals surface area (Å²) in [5.41, 5.74) is 1.28. The fourth-order valence-corrected chi connectivity index (χ4v) is 4.44. The Morgan fingerprint density at radius 2 is 1.52 bits per heavy atom. The van der Waals surface area contributed by atoms with Gasteiger partial charge in [0, 0.05) is 50.5 Å². The van der Waals surface area contributed by atoms with E-state index < -0.39 is 29.3 Å². The first-order chi connectivity index (χ1) is 15.0. The van der Waals surface area contributed by atoms with E-state index in [-0.39, 0.29) is 11.8 Å². The lowest BCUT2D eigenvalue weighted by atomic mass is 9.93. The number of benzene rings is 2. The zero-order chi connectivity index (χ0) is 21.8. The summed E-state index contributed by atoms with van der Waals surface area (Å²) in [5.74, 6) is -3.42. The Hall–Kier alpha value is -2.54. The van der Waals surface area contributed by atoms with Crippen LogP contribution in [0.2, 0.25) is 0 Å². The van der Waals surface area contributed by atoms with E-state index >= 15 is 0 Å². The number of likely N-dealkylation sites (tertiary alicyclic amines) is 2. The molecule has 7 heteroatoms. The van der Waals surface area contributed by atoms with Crippen LogP contribution in [0.25, 0.3) is 0 Å². The van der Waals surface area contributed by atoms with Crippen LogP contribution in [-0.4, -0.2) is 48.0 Å². The molecule has 0 N–H and O–H groups in total. The van der Waals surface area contributed by atoms with Crippen LogP contribution in [-0.2, 0) is 11.3 Å². The summed E-state index contributed by atoms with van der Waals surface area (Å²) < 4.78 is 46.1. The maximum absolute atomic E-state index is 13.8. The predicted octanol–water partition coefficient (Wildman–Crippen LogP) is 4.39. The first kappa shape index (κ1) is 21.7. The smallest absolute Gasteiger partial charge is 0.225 e. The molecule has 2 aliphatic heterocycles. The van der Waals surface area contributed by atoms with Crippen molar-refractivity contribution < 1.29 is 22.7 Å². The highest BCUT2D eigenvalue weighted by Gasteiger charge is 2.32. The van der Waals surface area contributed by atoms with E-state index in [2.05, 4.69) is 17.0 Å². The lowest BCUT2D eigenvalue weighted by Gasteiger charge is -2.37. The summed E-state index contributed by atoms with van der Waals surface area (Å²) in [4.78, 5) is 17.2. The number of hydrogen-bond acceptors (Lipinski definition) is 3. The minimum Gasteiger partial charge on any atom is -0.484 e.